The number of nitrogens with one attached hydrogen (secondary N) is 1. The topological polar surface area (TPSA) is 128 Å². The number of aromatic nitrogens is 5. The second-order valence-corrected chi connectivity index (χ2v) is 9.38. The van der Waals surface area contributed by atoms with Crippen molar-refractivity contribution in [2.24, 2.45) is 5.92 Å². The Hall–Kier alpha value is -3.76. The molecular weight excluding hydrogens is 438 g/mol. The molecule has 0 bridgehead atoms. The summed E-state index contributed by atoms with van der Waals surface area (Å²) >= 11 is 0. The first-order valence-electron chi connectivity index (χ1n) is 11.3. The predicted octanol–water partition coefficient (Wildman–Crippen LogP) is 3.79. The van der Waals surface area contributed by atoms with E-state index in [1.807, 2.05) is 25.5 Å². The van der Waals surface area contributed by atoms with Crippen molar-refractivity contribution >= 4 is 17.7 Å². The van der Waals surface area contributed by atoms with Crippen molar-refractivity contribution < 1.29 is 18.8 Å². The highest BCUT2D eigenvalue weighted by Gasteiger charge is 2.30. The molecule has 1 fully saturated rings. The zero-order valence-electron chi connectivity index (χ0n) is 19.8. The maximum Gasteiger partial charge on any atom is 0.410 e. The van der Waals surface area contributed by atoms with Gasteiger partial charge in [-0.1, -0.05) is 5.16 Å². The van der Waals surface area contributed by atoms with Crippen molar-refractivity contribution in [3.05, 3.63) is 42.7 Å². The Morgan fingerprint density at radius 3 is 2.65 bits per heavy atom. The lowest BCUT2D eigenvalue weighted by Crippen LogP contribution is -2.42. The molecule has 1 N–H and O–H groups in total. The molecule has 1 unspecified atom stereocenters. The monoisotopic (exact) mass is 467 g/mol. The number of hydrogen-bond acceptors (Lipinski definition) is 8. The van der Waals surface area contributed by atoms with E-state index in [1.54, 1.807) is 23.5 Å². The lowest BCUT2D eigenvalue weighted by Gasteiger charge is -2.35. The summed E-state index contributed by atoms with van der Waals surface area (Å²) in [5.74, 6) is 0.310. The normalized spacial score (nSPS) is 15.7. The summed E-state index contributed by atoms with van der Waals surface area (Å²) in [5, 5.41) is 11.0. The van der Waals surface area contributed by atoms with Crippen LogP contribution in [0.25, 0.3) is 11.5 Å². The van der Waals surface area contributed by atoms with Crippen molar-refractivity contribution in [3.8, 4) is 11.5 Å². The molecule has 34 heavy (non-hydrogen) atoms. The fourth-order valence-electron chi connectivity index (χ4n) is 3.86. The van der Waals surface area contributed by atoms with Gasteiger partial charge in [0.2, 0.25) is 0 Å². The van der Waals surface area contributed by atoms with Gasteiger partial charge in [0, 0.05) is 37.7 Å². The number of carbonyl (C=O) groups excluding carboxylic acids is 2. The van der Waals surface area contributed by atoms with E-state index >= 15 is 0 Å². The van der Waals surface area contributed by atoms with E-state index in [1.165, 1.54) is 18.5 Å². The Labute approximate surface area is 197 Å². The maximum atomic E-state index is 12.6. The van der Waals surface area contributed by atoms with Gasteiger partial charge in [0.1, 0.15) is 11.3 Å². The molecule has 1 atom stereocenters. The van der Waals surface area contributed by atoms with Gasteiger partial charge >= 0.3 is 6.09 Å². The molecule has 4 heterocycles. The van der Waals surface area contributed by atoms with Crippen LogP contribution in [0.1, 0.15) is 57.1 Å². The lowest BCUT2D eigenvalue weighted by atomic mass is 9.90. The highest BCUT2D eigenvalue weighted by molar-refractivity contribution is 6.03. The van der Waals surface area contributed by atoms with Gasteiger partial charge in [0.15, 0.2) is 11.5 Å². The fourth-order valence-corrected chi connectivity index (χ4v) is 3.86. The Morgan fingerprint density at radius 2 is 1.97 bits per heavy atom. The molecule has 0 radical (unpaired) electrons. The number of hydrogen-bond donors (Lipinski definition) is 1. The van der Waals surface area contributed by atoms with Crippen LogP contribution in [-0.4, -0.2) is 60.5 Å². The second kappa shape index (κ2) is 9.62. The Bertz CT molecular complexity index is 1130. The van der Waals surface area contributed by atoms with Crippen LogP contribution in [-0.2, 0) is 4.74 Å². The first-order chi connectivity index (χ1) is 16.2. The van der Waals surface area contributed by atoms with Crippen molar-refractivity contribution in [2.45, 2.75) is 52.2 Å². The number of carbonyl (C=O) groups is 2. The number of nitrogens with zero attached hydrogens (tertiary/aromatic N) is 6. The van der Waals surface area contributed by atoms with Gasteiger partial charge in [-0.05, 0) is 46.5 Å². The van der Waals surface area contributed by atoms with Crippen LogP contribution in [0.3, 0.4) is 0 Å². The summed E-state index contributed by atoms with van der Waals surface area (Å²) in [6.07, 6.45) is 9.47. The summed E-state index contributed by atoms with van der Waals surface area (Å²) in [7, 11) is 0. The number of likely N-dealkylation sites (tertiary alicyclic amines) is 1. The molecule has 4 rings (SSSR count). The van der Waals surface area contributed by atoms with E-state index in [4.69, 9.17) is 9.26 Å². The molecule has 1 aliphatic heterocycles. The smallest absolute Gasteiger partial charge is 0.410 e. The van der Waals surface area contributed by atoms with E-state index in [2.05, 4.69) is 32.5 Å². The first-order valence-corrected chi connectivity index (χ1v) is 11.3. The summed E-state index contributed by atoms with van der Waals surface area (Å²) in [5.41, 5.74) is 0.691. The standard InChI is InChI=1S/C23H29N7O4/c1-15(16-5-9-29(10-6-16)22(32)33-23(2,3)4)30-14-17(12-26-30)27-21(31)18-11-20(34-28-18)19-13-24-7-8-25-19/h7-8,11-16H,5-6,9-10H2,1-4H3,(H,27,31). The van der Waals surface area contributed by atoms with E-state index in [0.29, 0.717) is 36.1 Å². The van der Waals surface area contributed by atoms with Gasteiger partial charge in [0.05, 0.1) is 24.1 Å². The van der Waals surface area contributed by atoms with Crippen molar-refractivity contribution in [1.82, 2.24) is 29.8 Å². The molecule has 11 heteroatoms. The van der Waals surface area contributed by atoms with Crippen LogP contribution in [0.15, 0.2) is 41.6 Å². The fraction of sp³-hybridized carbons (Fsp3) is 0.478. The third-order valence-electron chi connectivity index (χ3n) is 5.71. The highest BCUT2D eigenvalue weighted by atomic mass is 16.6. The second-order valence-electron chi connectivity index (χ2n) is 9.38. The summed E-state index contributed by atoms with van der Waals surface area (Å²) in [6.45, 7) is 9.00. The third-order valence-corrected chi connectivity index (χ3v) is 5.71. The van der Waals surface area contributed by atoms with Crippen molar-refractivity contribution in [1.29, 1.82) is 0 Å². The molecule has 0 saturated carbocycles. The van der Waals surface area contributed by atoms with E-state index in [9.17, 15) is 9.59 Å². The number of piperidine rings is 1. The van der Waals surface area contributed by atoms with Gasteiger partial charge in [0.25, 0.3) is 5.91 Å². The number of rotatable bonds is 5. The lowest BCUT2D eigenvalue weighted by molar-refractivity contribution is 0.0163. The molecular formula is C23H29N7O4. The van der Waals surface area contributed by atoms with E-state index < -0.39 is 11.5 Å². The Balaban J connectivity index is 1.32. The summed E-state index contributed by atoms with van der Waals surface area (Å²) in [4.78, 5) is 34.7. The zero-order valence-corrected chi connectivity index (χ0v) is 19.8. The first kappa shape index (κ1) is 23.4. The summed E-state index contributed by atoms with van der Waals surface area (Å²) < 4.78 is 12.5. The minimum atomic E-state index is -0.500. The minimum absolute atomic E-state index is 0.113. The van der Waals surface area contributed by atoms with Gasteiger partial charge in [-0.15, -0.1) is 0 Å². The van der Waals surface area contributed by atoms with Crippen LogP contribution < -0.4 is 5.32 Å². The number of amides is 2. The third kappa shape index (κ3) is 5.59. The largest absolute Gasteiger partial charge is 0.444 e. The van der Waals surface area contributed by atoms with Gasteiger partial charge in [-0.3, -0.25) is 14.5 Å². The number of ether oxygens (including phenoxy) is 1. The van der Waals surface area contributed by atoms with Gasteiger partial charge in [-0.2, -0.15) is 5.10 Å². The minimum Gasteiger partial charge on any atom is -0.444 e. The zero-order chi connectivity index (χ0) is 24.3. The molecule has 0 aromatic carbocycles. The molecule has 180 valence electrons. The highest BCUT2D eigenvalue weighted by Crippen LogP contribution is 2.29. The molecule has 3 aromatic rings. The quantitative estimate of drug-likeness (QED) is 0.600. The van der Waals surface area contributed by atoms with Crippen molar-refractivity contribution in [2.75, 3.05) is 18.4 Å². The average molecular weight is 468 g/mol. The molecule has 1 aliphatic rings. The molecule has 1 saturated heterocycles. The van der Waals surface area contributed by atoms with Gasteiger partial charge < -0.3 is 19.5 Å². The molecule has 2 amide bonds. The van der Waals surface area contributed by atoms with E-state index in [-0.39, 0.29) is 17.8 Å². The number of anilines is 1. The maximum absolute atomic E-state index is 12.6. The van der Waals surface area contributed by atoms with E-state index in [0.717, 1.165) is 12.8 Å². The van der Waals surface area contributed by atoms with Crippen LogP contribution in [0.5, 0.6) is 0 Å². The van der Waals surface area contributed by atoms with Gasteiger partial charge in [-0.25, -0.2) is 9.78 Å². The Morgan fingerprint density at radius 1 is 1.21 bits per heavy atom. The molecule has 11 nitrogen and oxygen atoms in total. The van der Waals surface area contributed by atoms with Crippen LogP contribution in [0, 0.1) is 5.92 Å². The molecule has 0 aliphatic carbocycles. The molecule has 0 spiro atoms. The average Bonchev–Trinajstić information content (AvgIpc) is 3.48. The summed E-state index contributed by atoms with van der Waals surface area (Å²) in [6, 6.07) is 1.63. The predicted molar refractivity (Wildman–Crippen MR) is 123 cm³/mol. The van der Waals surface area contributed by atoms with Crippen molar-refractivity contribution in [3.63, 3.8) is 0 Å². The molecule has 3 aromatic heterocycles. The van der Waals surface area contributed by atoms with Crippen LogP contribution in [0.4, 0.5) is 10.5 Å². The SMILES string of the molecule is CC(C1CCN(C(=O)OC(C)(C)C)CC1)n1cc(NC(=O)c2cc(-c3cnccn3)on2)cn1. The Kier molecular flexibility index (Phi) is 6.62. The van der Waals surface area contributed by atoms with Crippen LogP contribution >= 0.6 is 0 Å². The van der Waals surface area contributed by atoms with Crippen LogP contribution in [0.2, 0.25) is 0 Å².